The monoisotopic (exact) mass is 285 g/mol. The number of carbonyl (C=O) groups is 1. The zero-order valence-corrected chi connectivity index (χ0v) is 14.7. The van der Waals surface area contributed by atoms with Crippen LogP contribution in [0.4, 0.5) is 0 Å². The lowest BCUT2D eigenvalue weighted by atomic mass is 9.68. The SMILES string of the molecule is CCCC(C)(CC(C)(CC)CC)C(=O)OCCN(C)C. The molecular formula is C17H35NO2. The van der Waals surface area contributed by atoms with Gasteiger partial charge in [-0.3, -0.25) is 4.79 Å². The van der Waals surface area contributed by atoms with Crippen molar-refractivity contribution in [1.82, 2.24) is 4.90 Å². The molecule has 0 amide bonds. The second kappa shape index (κ2) is 8.66. The van der Waals surface area contributed by atoms with Gasteiger partial charge in [0.2, 0.25) is 0 Å². The second-order valence-corrected chi connectivity index (χ2v) is 6.94. The van der Waals surface area contributed by atoms with Crippen molar-refractivity contribution in [3.8, 4) is 0 Å². The number of nitrogens with zero attached hydrogens (tertiary/aromatic N) is 1. The number of likely N-dealkylation sites (N-methyl/N-ethyl adjacent to an activating group) is 1. The molecule has 0 aromatic heterocycles. The van der Waals surface area contributed by atoms with E-state index in [1.54, 1.807) is 0 Å². The minimum Gasteiger partial charge on any atom is -0.464 e. The summed E-state index contributed by atoms with van der Waals surface area (Å²) in [7, 11) is 3.98. The normalized spacial score (nSPS) is 15.2. The Balaban J connectivity index is 4.76. The molecule has 0 N–H and O–H groups in total. The van der Waals surface area contributed by atoms with Gasteiger partial charge >= 0.3 is 5.97 Å². The van der Waals surface area contributed by atoms with E-state index in [-0.39, 0.29) is 16.8 Å². The van der Waals surface area contributed by atoms with E-state index >= 15 is 0 Å². The predicted molar refractivity (Wildman–Crippen MR) is 85.8 cm³/mol. The first-order valence-corrected chi connectivity index (χ1v) is 8.05. The molecule has 3 nitrogen and oxygen atoms in total. The number of hydrogen-bond acceptors (Lipinski definition) is 3. The number of carbonyl (C=O) groups excluding carboxylic acids is 1. The van der Waals surface area contributed by atoms with Crippen molar-refractivity contribution >= 4 is 5.97 Å². The van der Waals surface area contributed by atoms with Gasteiger partial charge in [-0.15, -0.1) is 0 Å². The summed E-state index contributed by atoms with van der Waals surface area (Å²) in [6.45, 7) is 12.2. The average molecular weight is 285 g/mol. The van der Waals surface area contributed by atoms with Crippen LogP contribution in [0, 0.1) is 10.8 Å². The Labute approximate surface area is 126 Å². The van der Waals surface area contributed by atoms with Crippen molar-refractivity contribution in [3.05, 3.63) is 0 Å². The van der Waals surface area contributed by atoms with Gasteiger partial charge in [0, 0.05) is 6.54 Å². The summed E-state index contributed by atoms with van der Waals surface area (Å²) in [5.41, 5.74) is -0.119. The van der Waals surface area contributed by atoms with Crippen molar-refractivity contribution in [2.75, 3.05) is 27.2 Å². The van der Waals surface area contributed by atoms with Crippen molar-refractivity contribution in [2.45, 2.75) is 66.7 Å². The van der Waals surface area contributed by atoms with Crippen LogP contribution >= 0.6 is 0 Å². The first kappa shape index (κ1) is 19.4. The fourth-order valence-corrected chi connectivity index (χ4v) is 2.75. The molecule has 0 aromatic rings. The van der Waals surface area contributed by atoms with Crippen LogP contribution in [0.15, 0.2) is 0 Å². The number of hydrogen-bond donors (Lipinski definition) is 0. The largest absolute Gasteiger partial charge is 0.464 e. The summed E-state index contributed by atoms with van der Waals surface area (Å²) < 4.78 is 5.52. The Bertz CT molecular complexity index is 285. The van der Waals surface area contributed by atoms with Crippen LogP contribution in [0.2, 0.25) is 0 Å². The Morgan fingerprint density at radius 3 is 2.05 bits per heavy atom. The first-order valence-electron chi connectivity index (χ1n) is 8.05. The van der Waals surface area contributed by atoms with Crippen LogP contribution in [0.1, 0.15) is 66.7 Å². The molecule has 0 aliphatic rings. The fourth-order valence-electron chi connectivity index (χ4n) is 2.75. The van der Waals surface area contributed by atoms with E-state index < -0.39 is 0 Å². The molecular weight excluding hydrogens is 250 g/mol. The van der Waals surface area contributed by atoms with Gasteiger partial charge < -0.3 is 9.64 Å². The predicted octanol–water partition coefficient (Wildman–Crippen LogP) is 4.11. The zero-order valence-electron chi connectivity index (χ0n) is 14.7. The van der Waals surface area contributed by atoms with Crippen molar-refractivity contribution < 1.29 is 9.53 Å². The molecule has 0 saturated heterocycles. The molecule has 3 heteroatoms. The quantitative estimate of drug-likeness (QED) is 0.566. The molecule has 20 heavy (non-hydrogen) atoms. The first-order chi connectivity index (χ1) is 9.23. The standard InChI is InChI=1S/C17H35NO2/c1-8-11-17(5,14-16(4,9-2)10-3)15(19)20-13-12-18(6)7/h8-14H2,1-7H3. The fraction of sp³-hybridized carbons (Fsp3) is 0.941. The van der Waals surface area contributed by atoms with Gasteiger partial charge in [-0.1, -0.05) is 47.0 Å². The lowest BCUT2D eigenvalue weighted by molar-refractivity contribution is -0.158. The van der Waals surface area contributed by atoms with Crippen LogP contribution in [0.3, 0.4) is 0 Å². The van der Waals surface area contributed by atoms with Gasteiger partial charge in [0.05, 0.1) is 5.41 Å². The van der Waals surface area contributed by atoms with Gasteiger partial charge in [-0.25, -0.2) is 0 Å². The third-order valence-electron chi connectivity index (χ3n) is 4.59. The van der Waals surface area contributed by atoms with Gasteiger partial charge in [0.15, 0.2) is 0 Å². The molecule has 1 unspecified atom stereocenters. The molecule has 0 fully saturated rings. The van der Waals surface area contributed by atoms with E-state index in [1.807, 2.05) is 19.0 Å². The third-order valence-corrected chi connectivity index (χ3v) is 4.59. The van der Waals surface area contributed by atoms with Gasteiger partial charge in [-0.05, 0) is 39.3 Å². The minimum absolute atomic E-state index is 0.0191. The van der Waals surface area contributed by atoms with E-state index in [9.17, 15) is 4.79 Å². The Morgan fingerprint density at radius 1 is 1.10 bits per heavy atom. The highest BCUT2D eigenvalue weighted by Gasteiger charge is 2.39. The Hall–Kier alpha value is -0.570. The molecule has 0 aromatic carbocycles. The molecule has 0 bridgehead atoms. The highest BCUT2D eigenvalue weighted by Crippen LogP contribution is 2.42. The summed E-state index contributed by atoms with van der Waals surface area (Å²) in [5.74, 6) is -0.0191. The Kier molecular flexibility index (Phi) is 8.41. The molecule has 0 aliphatic carbocycles. The summed E-state index contributed by atoms with van der Waals surface area (Å²) in [6, 6.07) is 0. The number of esters is 1. The van der Waals surface area contributed by atoms with Gasteiger partial charge in [-0.2, -0.15) is 0 Å². The van der Waals surface area contributed by atoms with Crippen LogP contribution in [-0.2, 0) is 9.53 Å². The topological polar surface area (TPSA) is 29.5 Å². The van der Waals surface area contributed by atoms with E-state index in [0.717, 1.165) is 38.6 Å². The van der Waals surface area contributed by atoms with Gasteiger partial charge in [0.1, 0.15) is 6.61 Å². The Morgan fingerprint density at radius 2 is 1.65 bits per heavy atom. The molecule has 0 rings (SSSR count). The molecule has 0 spiro atoms. The van der Waals surface area contributed by atoms with E-state index in [1.165, 1.54) is 0 Å². The maximum atomic E-state index is 12.5. The molecule has 120 valence electrons. The highest BCUT2D eigenvalue weighted by molar-refractivity contribution is 5.76. The summed E-state index contributed by atoms with van der Waals surface area (Å²) >= 11 is 0. The van der Waals surface area contributed by atoms with Crippen molar-refractivity contribution in [2.24, 2.45) is 10.8 Å². The smallest absolute Gasteiger partial charge is 0.311 e. The maximum absolute atomic E-state index is 12.5. The lowest BCUT2D eigenvalue weighted by Crippen LogP contribution is -2.36. The number of rotatable bonds is 10. The molecule has 0 radical (unpaired) electrons. The van der Waals surface area contributed by atoms with Crippen LogP contribution in [-0.4, -0.2) is 38.1 Å². The third kappa shape index (κ3) is 6.25. The lowest BCUT2D eigenvalue weighted by Gasteiger charge is -2.37. The molecule has 1 atom stereocenters. The van der Waals surface area contributed by atoms with Crippen LogP contribution < -0.4 is 0 Å². The van der Waals surface area contributed by atoms with Crippen LogP contribution in [0.5, 0.6) is 0 Å². The molecule has 0 heterocycles. The summed E-state index contributed by atoms with van der Waals surface area (Å²) in [4.78, 5) is 14.5. The zero-order chi connectivity index (χ0) is 15.8. The number of ether oxygens (including phenoxy) is 1. The molecule has 0 saturated carbocycles. The van der Waals surface area contributed by atoms with E-state index in [2.05, 4.69) is 34.6 Å². The molecule has 0 aliphatic heterocycles. The van der Waals surface area contributed by atoms with E-state index in [4.69, 9.17) is 4.74 Å². The van der Waals surface area contributed by atoms with Crippen molar-refractivity contribution in [3.63, 3.8) is 0 Å². The second-order valence-electron chi connectivity index (χ2n) is 6.94. The maximum Gasteiger partial charge on any atom is 0.311 e. The highest BCUT2D eigenvalue weighted by atomic mass is 16.5. The van der Waals surface area contributed by atoms with E-state index in [0.29, 0.717) is 6.61 Å². The van der Waals surface area contributed by atoms with Gasteiger partial charge in [0.25, 0.3) is 0 Å². The average Bonchev–Trinajstić information content (AvgIpc) is 2.38. The van der Waals surface area contributed by atoms with Crippen molar-refractivity contribution in [1.29, 1.82) is 0 Å². The van der Waals surface area contributed by atoms with Crippen LogP contribution in [0.25, 0.3) is 0 Å². The summed E-state index contributed by atoms with van der Waals surface area (Å²) in [5, 5.41) is 0. The summed E-state index contributed by atoms with van der Waals surface area (Å²) in [6.07, 6.45) is 5.05. The minimum atomic E-state index is -0.345.